The third-order valence-electron chi connectivity index (χ3n) is 3.97. The monoisotopic (exact) mass is 486 g/mol. The van der Waals surface area contributed by atoms with Crippen molar-refractivity contribution in [1.82, 2.24) is 0 Å². The minimum absolute atomic E-state index is 0.0450. The van der Waals surface area contributed by atoms with Crippen LogP contribution in [0.5, 0.6) is 5.75 Å². The van der Waals surface area contributed by atoms with Crippen LogP contribution in [0.4, 0.5) is 11.4 Å². The van der Waals surface area contributed by atoms with Gasteiger partial charge in [0.25, 0.3) is 20.0 Å². The lowest BCUT2D eigenvalue weighted by atomic mass is 10.3. The molecule has 3 aromatic carbocycles. The molecule has 0 amide bonds. The Labute approximate surface area is 184 Å². The Morgan fingerprint density at radius 3 is 1.93 bits per heavy atom. The van der Waals surface area contributed by atoms with Gasteiger partial charge in [-0.3, -0.25) is 9.44 Å². The SMILES string of the molecule is COc1ccc(S(=O)(=O)Nc2ccccc2Cl)cc1NS(=O)(=O)c1ccc(Cl)cc1. The van der Waals surface area contributed by atoms with Crippen LogP contribution in [0.3, 0.4) is 0 Å². The molecule has 158 valence electrons. The van der Waals surface area contributed by atoms with Gasteiger partial charge in [0.2, 0.25) is 0 Å². The Kier molecular flexibility index (Phi) is 6.47. The quantitative estimate of drug-likeness (QED) is 0.507. The van der Waals surface area contributed by atoms with Crippen molar-refractivity contribution in [2.75, 3.05) is 16.6 Å². The number of para-hydroxylation sites is 1. The molecule has 0 saturated heterocycles. The molecule has 30 heavy (non-hydrogen) atoms. The van der Waals surface area contributed by atoms with Crippen molar-refractivity contribution >= 4 is 54.6 Å². The average Bonchev–Trinajstić information content (AvgIpc) is 2.69. The highest BCUT2D eigenvalue weighted by atomic mass is 35.5. The van der Waals surface area contributed by atoms with Crippen molar-refractivity contribution in [3.63, 3.8) is 0 Å². The molecule has 2 N–H and O–H groups in total. The van der Waals surface area contributed by atoms with E-state index < -0.39 is 20.0 Å². The molecule has 0 saturated carbocycles. The van der Waals surface area contributed by atoms with E-state index in [0.29, 0.717) is 5.02 Å². The lowest BCUT2D eigenvalue weighted by Gasteiger charge is -2.15. The van der Waals surface area contributed by atoms with Gasteiger partial charge in [-0.1, -0.05) is 35.3 Å². The van der Waals surface area contributed by atoms with E-state index >= 15 is 0 Å². The predicted octanol–water partition coefficient (Wildman–Crippen LogP) is 4.60. The molecule has 0 unspecified atom stereocenters. The predicted molar refractivity (Wildman–Crippen MR) is 118 cm³/mol. The molecular weight excluding hydrogens is 471 g/mol. The van der Waals surface area contributed by atoms with E-state index in [1.165, 1.54) is 49.6 Å². The van der Waals surface area contributed by atoms with Crippen LogP contribution in [-0.2, 0) is 20.0 Å². The summed E-state index contributed by atoms with van der Waals surface area (Å²) < 4.78 is 60.8. The maximum Gasteiger partial charge on any atom is 0.262 e. The van der Waals surface area contributed by atoms with Crippen LogP contribution in [0.25, 0.3) is 0 Å². The first kappa shape index (κ1) is 22.2. The van der Waals surface area contributed by atoms with E-state index in [1.807, 2.05) is 0 Å². The van der Waals surface area contributed by atoms with E-state index in [-0.39, 0.29) is 31.9 Å². The van der Waals surface area contributed by atoms with Gasteiger partial charge in [0.15, 0.2) is 0 Å². The molecule has 0 fully saturated rings. The van der Waals surface area contributed by atoms with Gasteiger partial charge in [0.1, 0.15) is 5.75 Å². The molecule has 0 aromatic heterocycles. The summed E-state index contributed by atoms with van der Waals surface area (Å²) in [7, 11) is -6.73. The second-order valence-electron chi connectivity index (χ2n) is 6.01. The average molecular weight is 487 g/mol. The lowest BCUT2D eigenvalue weighted by Crippen LogP contribution is -2.16. The summed E-state index contributed by atoms with van der Waals surface area (Å²) in [5, 5.41) is 0.600. The highest BCUT2D eigenvalue weighted by Gasteiger charge is 2.21. The number of methoxy groups -OCH3 is 1. The summed E-state index contributed by atoms with van der Waals surface area (Å²) in [4.78, 5) is -0.228. The van der Waals surface area contributed by atoms with Gasteiger partial charge in [-0.2, -0.15) is 0 Å². The second-order valence-corrected chi connectivity index (χ2v) is 10.2. The molecule has 11 heteroatoms. The molecule has 7 nitrogen and oxygen atoms in total. The van der Waals surface area contributed by atoms with Crippen molar-refractivity contribution in [3.05, 3.63) is 76.8 Å². The zero-order chi connectivity index (χ0) is 21.9. The van der Waals surface area contributed by atoms with Crippen LogP contribution in [0.2, 0.25) is 10.0 Å². The highest BCUT2D eigenvalue weighted by molar-refractivity contribution is 7.93. The summed E-state index contributed by atoms with van der Waals surface area (Å²) in [6.45, 7) is 0. The molecule has 0 bridgehead atoms. The molecule has 0 radical (unpaired) electrons. The fourth-order valence-corrected chi connectivity index (χ4v) is 5.03. The van der Waals surface area contributed by atoms with Crippen LogP contribution in [0.1, 0.15) is 0 Å². The molecule has 0 spiro atoms. The topological polar surface area (TPSA) is 102 Å². The molecule has 3 rings (SSSR count). The summed E-state index contributed by atoms with van der Waals surface area (Å²) in [5.74, 6) is 0.143. The molecule has 0 atom stereocenters. The van der Waals surface area contributed by atoms with Crippen molar-refractivity contribution in [3.8, 4) is 5.75 Å². The largest absolute Gasteiger partial charge is 0.495 e. The van der Waals surface area contributed by atoms with E-state index in [0.717, 1.165) is 6.07 Å². The van der Waals surface area contributed by atoms with Gasteiger partial charge >= 0.3 is 0 Å². The van der Waals surface area contributed by atoms with Crippen LogP contribution in [-0.4, -0.2) is 23.9 Å². The fourth-order valence-electron chi connectivity index (χ4n) is 2.50. The van der Waals surface area contributed by atoms with Gasteiger partial charge in [0.05, 0.1) is 33.3 Å². The van der Waals surface area contributed by atoms with Crippen molar-refractivity contribution in [1.29, 1.82) is 0 Å². The minimum atomic E-state index is -4.05. The number of halogens is 2. The first-order chi connectivity index (χ1) is 14.1. The van der Waals surface area contributed by atoms with Crippen molar-refractivity contribution in [2.45, 2.75) is 9.79 Å². The van der Waals surface area contributed by atoms with Crippen LogP contribution >= 0.6 is 23.2 Å². The molecule has 0 heterocycles. The highest BCUT2D eigenvalue weighted by Crippen LogP contribution is 2.31. The number of hydrogen-bond donors (Lipinski definition) is 2. The van der Waals surface area contributed by atoms with Gasteiger partial charge in [-0.25, -0.2) is 16.8 Å². The van der Waals surface area contributed by atoms with Crippen molar-refractivity contribution in [2.24, 2.45) is 0 Å². The summed E-state index contributed by atoms with van der Waals surface area (Å²) >= 11 is 11.8. The van der Waals surface area contributed by atoms with Crippen molar-refractivity contribution < 1.29 is 21.6 Å². The molecule has 3 aromatic rings. The van der Waals surface area contributed by atoms with E-state index in [9.17, 15) is 16.8 Å². The Hall–Kier alpha value is -2.46. The standard InChI is InChI=1S/C19H16Cl2N2O5S2/c1-28-19-11-10-15(30(26,27)22-17-5-3-2-4-16(17)21)12-18(19)23-29(24,25)14-8-6-13(20)7-9-14/h2-12,22-23H,1H3. The van der Waals surface area contributed by atoms with Crippen LogP contribution in [0.15, 0.2) is 76.5 Å². The smallest absolute Gasteiger partial charge is 0.262 e. The second kappa shape index (κ2) is 8.73. The summed E-state index contributed by atoms with van der Waals surface area (Å²) in [6.07, 6.45) is 0. The zero-order valence-corrected chi connectivity index (χ0v) is 18.6. The maximum atomic E-state index is 12.8. The van der Waals surface area contributed by atoms with E-state index in [2.05, 4.69) is 9.44 Å². The summed E-state index contributed by atoms with van der Waals surface area (Å²) in [5.41, 5.74) is 0.146. The Bertz CT molecular complexity index is 1280. The van der Waals surface area contributed by atoms with E-state index in [4.69, 9.17) is 27.9 Å². The van der Waals surface area contributed by atoms with E-state index in [1.54, 1.807) is 18.2 Å². The Morgan fingerprint density at radius 1 is 0.733 bits per heavy atom. The minimum Gasteiger partial charge on any atom is -0.495 e. The summed E-state index contributed by atoms with van der Waals surface area (Å²) in [6, 6.07) is 15.7. The number of rotatable bonds is 7. The van der Waals surface area contributed by atoms with Gasteiger partial charge < -0.3 is 4.74 Å². The molecule has 0 aliphatic heterocycles. The number of ether oxygens (including phenoxy) is 1. The number of sulfonamides is 2. The number of hydrogen-bond acceptors (Lipinski definition) is 5. The van der Waals surface area contributed by atoms with Gasteiger partial charge in [-0.05, 0) is 54.6 Å². The molecule has 0 aliphatic rings. The fraction of sp³-hybridized carbons (Fsp3) is 0.0526. The maximum absolute atomic E-state index is 12.8. The Balaban J connectivity index is 1.97. The first-order valence-electron chi connectivity index (χ1n) is 8.36. The third-order valence-corrected chi connectivity index (χ3v) is 7.29. The first-order valence-corrected chi connectivity index (χ1v) is 12.1. The van der Waals surface area contributed by atoms with Crippen LogP contribution in [0, 0.1) is 0 Å². The molecule has 0 aliphatic carbocycles. The van der Waals surface area contributed by atoms with Gasteiger partial charge in [0, 0.05) is 5.02 Å². The number of benzene rings is 3. The number of anilines is 2. The lowest BCUT2D eigenvalue weighted by molar-refractivity contribution is 0.416. The zero-order valence-electron chi connectivity index (χ0n) is 15.5. The molecular formula is C19H16Cl2N2O5S2. The number of nitrogens with one attached hydrogen (secondary N) is 2. The van der Waals surface area contributed by atoms with Crippen LogP contribution < -0.4 is 14.2 Å². The van der Waals surface area contributed by atoms with Gasteiger partial charge in [-0.15, -0.1) is 0 Å². The Morgan fingerprint density at radius 2 is 1.30 bits per heavy atom. The normalized spacial score (nSPS) is 11.7. The third kappa shape index (κ3) is 4.99.